The van der Waals surface area contributed by atoms with Gasteiger partial charge in [0, 0.05) is 12.1 Å². The molecule has 0 saturated carbocycles. The fourth-order valence-corrected chi connectivity index (χ4v) is 2.05. The van der Waals surface area contributed by atoms with Gasteiger partial charge in [-0.2, -0.15) is 0 Å². The molecular weight excluding hydrogens is 294 g/mol. The smallest absolute Gasteiger partial charge is 0.337 e. The van der Waals surface area contributed by atoms with Crippen molar-refractivity contribution >= 4 is 11.9 Å². The zero-order chi connectivity index (χ0) is 16.7. The molecule has 0 saturated heterocycles. The summed E-state index contributed by atoms with van der Waals surface area (Å²) in [6.07, 6.45) is 0. The topological polar surface area (TPSA) is 64.6 Å². The summed E-state index contributed by atoms with van der Waals surface area (Å²) >= 11 is 0. The highest BCUT2D eigenvalue weighted by Crippen LogP contribution is 2.13. The number of hydrogen-bond donors (Lipinski definition) is 1. The summed E-state index contributed by atoms with van der Waals surface area (Å²) in [5, 5.41) is 2.84. The van der Waals surface area contributed by atoms with Crippen molar-refractivity contribution in [1.82, 2.24) is 5.32 Å². The van der Waals surface area contributed by atoms with Gasteiger partial charge in [-0.3, -0.25) is 4.79 Å². The van der Waals surface area contributed by atoms with Gasteiger partial charge in [-0.05, 0) is 42.8 Å². The summed E-state index contributed by atoms with van der Waals surface area (Å²) in [5.41, 5.74) is 1.92. The van der Waals surface area contributed by atoms with E-state index in [-0.39, 0.29) is 11.9 Å². The standard InChI is InChI=1S/C18H19NO4/c1-3-23-16-6-4-5-15(11-16)17(20)19-12-13-7-9-14(10-8-13)18(21)22-2/h4-11H,3,12H2,1-2H3,(H,19,20). The Balaban J connectivity index is 1.96. The van der Waals surface area contributed by atoms with E-state index >= 15 is 0 Å². The largest absolute Gasteiger partial charge is 0.494 e. The molecule has 2 rings (SSSR count). The molecule has 0 bridgehead atoms. The highest BCUT2D eigenvalue weighted by molar-refractivity contribution is 5.94. The number of carbonyl (C=O) groups excluding carboxylic acids is 2. The number of hydrogen-bond acceptors (Lipinski definition) is 4. The lowest BCUT2D eigenvalue weighted by Crippen LogP contribution is -2.22. The Labute approximate surface area is 135 Å². The molecule has 1 amide bonds. The van der Waals surface area contributed by atoms with E-state index in [0.717, 1.165) is 5.56 Å². The van der Waals surface area contributed by atoms with Crippen molar-refractivity contribution in [3.05, 3.63) is 65.2 Å². The molecule has 0 aliphatic carbocycles. The highest BCUT2D eigenvalue weighted by Gasteiger charge is 2.08. The van der Waals surface area contributed by atoms with Gasteiger partial charge in [0.25, 0.3) is 5.91 Å². The monoisotopic (exact) mass is 313 g/mol. The molecule has 0 atom stereocenters. The second-order valence-corrected chi connectivity index (χ2v) is 4.83. The van der Waals surface area contributed by atoms with Gasteiger partial charge < -0.3 is 14.8 Å². The molecule has 5 nitrogen and oxygen atoms in total. The van der Waals surface area contributed by atoms with Crippen LogP contribution in [0.25, 0.3) is 0 Å². The fourth-order valence-electron chi connectivity index (χ4n) is 2.05. The van der Waals surface area contributed by atoms with Crippen molar-refractivity contribution in [3.63, 3.8) is 0 Å². The second-order valence-electron chi connectivity index (χ2n) is 4.83. The van der Waals surface area contributed by atoms with Crippen LogP contribution < -0.4 is 10.1 Å². The van der Waals surface area contributed by atoms with E-state index < -0.39 is 0 Å². The molecule has 120 valence electrons. The van der Waals surface area contributed by atoms with Gasteiger partial charge in [0.2, 0.25) is 0 Å². The number of esters is 1. The molecule has 0 spiro atoms. The number of rotatable bonds is 6. The average Bonchev–Trinajstić information content (AvgIpc) is 2.60. The fraction of sp³-hybridized carbons (Fsp3) is 0.222. The maximum atomic E-state index is 12.2. The first-order valence-electron chi connectivity index (χ1n) is 7.32. The number of benzene rings is 2. The van der Waals surface area contributed by atoms with Crippen LogP contribution in [0.4, 0.5) is 0 Å². The van der Waals surface area contributed by atoms with Crippen molar-refractivity contribution < 1.29 is 19.1 Å². The Hall–Kier alpha value is -2.82. The summed E-state index contributed by atoms with van der Waals surface area (Å²) in [5.74, 6) is 0.111. The molecule has 0 aliphatic heterocycles. The number of carbonyl (C=O) groups is 2. The Bertz CT molecular complexity index is 680. The highest BCUT2D eigenvalue weighted by atomic mass is 16.5. The lowest BCUT2D eigenvalue weighted by molar-refractivity contribution is 0.0600. The quantitative estimate of drug-likeness (QED) is 0.833. The minimum Gasteiger partial charge on any atom is -0.494 e. The molecule has 0 radical (unpaired) electrons. The summed E-state index contributed by atoms with van der Waals surface area (Å²) in [7, 11) is 1.34. The normalized spacial score (nSPS) is 10.0. The van der Waals surface area contributed by atoms with Crippen molar-refractivity contribution in [3.8, 4) is 5.75 Å². The van der Waals surface area contributed by atoms with Crippen molar-refractivity contribution in [2.45, 2.75) is 13.5 Å². The first kappa shape index (κ1) is 16.5. The van der Waals surface area contributed by atoms with Gasteiger partial charge in [0.05, 0.1) is 19.3 Å². The van der Waals surface area contributed by atoms with Crippen LogP contribution in [0.2, 0.25) is 0 Å². The third kappa shape index (κ3) is 4.57. The Morgan fingerprint density at radius 2 is 1.78 bits per heavy atom. The van der Waals surface area contributed by atoms with E-state index in [1.807, 2.05) is 13.0 Å². The SMILES string of the molecule is CCOc1cccc(C(=O)NCc2ccc(C(=O)OC)cc2)c1. The number of ether oxygens (including phenoxy) is 2. The Morgan fingerprint density at radius 3 is 2.43 bits per heavy atom. The maximum absolute atomic E-state index is 12.2. The van der Waals surface area contributed by atoms with E-state index in [1.165, 1.54) is 7.11 Å². The van der Waals surface area contributed by atoms with Gasteiger partial charge in [-0.15, -0.1) is 0 Å². The molecule has 2 aromatic rings. The first-order valence-corrected chi connectivity index (χ1v) is 7.32. The average molecular weight is 313 g/mol. The zero-order valence-corrected chi connectivity index (χ0v) is 13.2. The van der Waals surface area contributed by atoms with Crippen LogP contribution >= 0.6 is 0 Å². The van der Waals surface area contributed by atoms with Crippen LogP contribution in [-0.2, 0) is 11.3 Å². The molecule has 0 heterocycles. The van der Waals surface area contributed by atoms with E-state index in [1.54, 1.807) is 42.5 Å². The zero-order valence-electron chi connectivity index (χ0n) is 13.2. The molecule has 0 aromatic heterocycles. The van der Waals surface area contributed by atoms with Crippen molar-refractivity contribution in [1.29, 1.82) is 0 Å². The lowest BCUT2D eigenvalue weighted by atomic mass is 10.1. The molecule has 1 N–H and O–H groups in total. The van der Waals surface area contributed by atoms with E-state index in [2.05, 4.69) is 10.1 Å². The van der Waals surface area contributed by atoms with Crippen LogP contribution in [0.5, 0.6) is 5.75 Å². The summed E-state index contributed by atoms with van der Waals surface area (Å²) in [6.45, 7) is 2.82. The maximum Gasteiger partial charge on any atom is 0.337 e. The molecule has 2 aromatic carbocycles. The third-order valence-corrected chi connectivity index (χ3v) is 3.24. The number of amides is 1. The second kappa shape index (κ2) is 7.98. The van der Waals surface area contributed by atoms with Crippen LogP contribution in [0.1, 0.15) is 33.2 Å². The van der Waals surface area contributed by atoms with Gasteiger partial charge in [-0.1, -0.05) is 18.2 Å². The first-order chi connectivity index (χ1) is 11.1. The minimum absolute atomic E-state index is 0.177. The summed E-state index contributed by atoms with van der Waals surface area (Å²) in [6, 6.07) is 13.9. The van der Waals surface area contributed by atoms with E-state index in [0.29, 0.717) is 30.0 Å². The molecular formula is C18H19NO4. The molecule has 0 aliphatic rings. The van der Waals surface area contributed by atoms with Crippen LogP contribution in [0.15, 0.2) is 48.5 Å². The number of methoxy groups -OCH3 is 1. The van der Waals surface area contributed by atoms with Gasteiger partial charge in [0.1, 0.15) is 5.75 Å². The van der Waals surface area contributed by atoms with E-state index in [9.17, 15) is 9.59 Å². The Kier molecular flexibility index (Phi) is 5.74. The lowest BCUT2D eigenvalue weighted by Gasteiger charge is -2.08. The van der Waals surface area contributed by atoms with Crippen LogP contribution in [0, 0.1) is 0 Å². The predicted molar refractivity (Wildman–Crippen MR) is 86.6 cm³/mol. The summed E-state index contributed by atoms with van der Waals surface area (Å²) in [4.78, 5) is 23.5. The summed E-state index contributed by atoms with van der Waals surface area (Å²) < 4.78 is 10.0. The Morgan fingerprint density at radius 1 is 1.04 bits per heavy atom. The van der Waals surface area contributed by atoms with Crippen LogP contribution in [-0.4, -0.2) is 25.6 Å². The van der Waals surface area contributed by atoms with Crippen molar-refractivity contribution in [2.75, 3.05) is 13.7 Å². The molecule has 23 heavy (non-hydrogen) atoms. The van der Waals surface area contributed by atoms with Gasteiger partial charge in [0.15, 0.2) is 0 Å². The van der Waals surface area contributed by atoms with E-state index in [4.69, 9.17) is 4.74 Å². The number of nitrogens with one attached hydrogen (secondary N) is 1. The predicted octanol–water partition coefficient (Wildman–Crippen LogP) is 2.80. The third-order valence-electron chi connectivity index (χ3n) is 3.24. The van der Waals surface area contributed by atoms with Crippen LogP contribution in [0.3, 0.4) is 0 Å². The molecule has 0 unspecified atom stereocenters. The molecule has 5 heteroatoms. The van der Waals surface area contributed by atoms with Crippen molar-refractivity contribution in [2.24, 2.45) is 0 Å². The van der Waals surface area contributed by atoms with Gasteiger partial charge >= 0.3 is 5.97 Å². The molecule has 0 fully saturated rings. The minimum atomic E-state index is -0.381. The van der Waals surface area contributed by atoms with Gasteiger partial charge in [-0.25, -0.2) is 4.79 Å².